The van der Waals surface area contributed by atoms with Gasteiger partial charge in [0.2, 0.25) is 5.91 Å². The second kappa shape index (κ2) is 11.7. The Bertz CT molecular complexity index is 1310. The summed E-state index contributed by atoms with van der Waals surface area (Å²) in [7, 11) is 0. The molecule has 2 aromatic carbocycles. The maximum absolute atomic E-state index is 14.0. The summed E-state index contributed by atoms with van der Waals surface area (Å²) >= 11 is 0. The third kappa shape index (κ3) is 4.97. The van der Waals surface area contributed by atoms with E-state index in [0.717, 1.165) is 95.3 Å². The second-order valence-corrected chi connectivity index (χ2v) is 14.2. The predicted molar refractivity (Wildman–Crippen MR) is 168 cm³/mol. The average molecular weight is 587 g/mol. The molecule has 1 saturated heterocycles. The number of likely N-dealkylation sites (tertiary alicyclic amines) is 1. The van der Waals surface area contributed by atoms with Crippen molar-refractivity contribution in [2.75, 3.05) is 19.6 Å². The third-order valence-electron chi connectivity index (χ3n) is 11.7. The number of amides is 1. The molecule has 3 aliphatic carbocycles. The topological polar surface area (TPSA) is 73.2 Å². The number of phenolic OH excluding ortho intramolecular Hbond substituents is 1. The first-order valence-electron chi connectivity index (χ1n) is 17.3. The summed E-state index contributed by atoms with van der Waals surface area (Å²) in [4.78, 5) is 18.8. The third-order valence-corrected chi connectivity index (χ3v) is 11.7. The molecule has 232 valence electrons. The molecule has 0 unspecified atom stereocenters. The van der Waals surface area contributed by atoms with Crippen molar-refractivity contribution in [3.05, 3.63) is 59.2 Å². The molecule has 43 heavy (non-hydrogen) atoms. The molecule has 5 atom stereocenters. The van der Waals surface area contributed by atoms with Crippen LogP contribution in [0.25, 0.3) is 0 Å². The van der Waals surface area contributed by atoms with Gasteiger partial charge in [-0.1, -0.05) is 62.6 Å². The van der Waals surface area contributed by atoms with Gasteiger partial charge in [-0.25, -0.2) is 0 Å². The van der Waals surface area contributed by atoms with Crippen LogP contribution in [0, 0.1) is 5.92 Å². The highest BCUT2D eigenvalue weighted by Crippen LogP contribution is 2.66. The van der Waals surface area contributed by atoms with Crippen LogP contribution in [0.2, 0.25) is 0 Å². The molecule has 3 fully saturated rings. The van der Waals surface area contributed by atoms with Crippen molar-refractivity contribution in [2.45, 2.75) is 126 Å². The smallest absolute Gasteiger partial charge is 0.222 e. The van der Waals surface area contributed by atoms with Gasteiger partial charge in [0.15, 0.2) is 11.5 Å². The van der Waals surface area contributed by atoms with E-state index in [9.17, 15) is 15.0 Å². The number of phenols is 1. The average Bonchev–Trinajstić information content (AvgIpc) is 3.76. The maximum atomic E-state index is 14.0. The molecular formula is C37H50N2O4. The van der Waals surface area contributed by atoms with Gasteiger partial charge in [-0.05, 0) is 93.9 Å². The number of nitrogens with zero attached hydrogens (tertiary/aromatic N) is 2. The van der Waals surface area contributed by atoms with Crippen molar-refractivity contribution in [3.63, 3.8) is 0 Å². The van der Waals surface area contributed by atoms with Gasteiger partial charge in [-0.15, -0.1) is 0 Å². The minimum absolute atomic E-state index is 0.0609. The van der Waals surface area contributed by atoms with Crippen LogP contribution in [0.4, 0.5) is 0 Å². The SMILES string of the molecule is CCCCCN(C(=O)CCCCCc1ccccc1)[C@@H]1CC[C@@]2(O)[C@H]3Cc4ccc(O)c5c4[C@@]2(CCN3CC2CC2)[C@H]1O5. The van der Waals surface area contributed by atoms with E-state index in [2.05, 4.69) is 53.1 Å². The summed E-state index contributed by atoms with van der Waals surface area (Å²) in [5.41, 5.74) is 2.13. The number of hydrogen-bond donors (Lipinski definition) is 2. The zero-order chi connectivity index (χ0) is 29.6. The summed E-state index contributed by atoms with van der Waals surface area (Å²) < 4.78 is 6.82. The number of piperidine rings is 1. The number of aliphatic hydroxyl groups is 1. The van der Waals surface area contributed by atoms with Crippen molar-refractivity contribution >= 4 is 5.91 Å². The van der Waals surface area contributed by atoms with Gasteiger partial charge < -0.3 is 19.8 Å². The summed E-state index contributed by atoms with van der Waals surface area (Å²) in [6, 6.07) is 14.4. The van der Waals surface area contributed by atoms with Crippen LogP contribution in [0.3, 0.4) is 0 Å². The Morgan fingerprint density at radius 1 is 1.02 bits per heavy atom. The summed E-state index contributed by atoms with van der Waals surface area (Å²) in [5, 5.41) is 23.9. The van der Waals surface area contributed by atoms with Crippen LogP contribution in [0.1, 0.15) is 101 Å². The van der Waals surface area contributed by atoms with Gasteiger partial charge in [0.05, 0.1) is 17.1 Å². The zero-order valence-corrected chi connectivity index (χ0v) is 26.0. The second-order valence-electron chi connectivity index (χ2n) is 14.2. The van der Waals surface area contributed by atoms with Crippen molar-refractivity contribution in [1.82, 2.24) is 9.80 Å². The lowest BCUT2D eigenvalue weighted by molar-refractivity contribution is -0.202. The van der Waals surface area contributed by atoms with Gasteiger partial charge in [0.25, 0.3) is 0 Å². The van der Waals surface area contributed by atoms with Gasteiger partial charge in [0.1, 0.15) is 6.10 Å². The molecule has 2 heterocycles. The van der Waals surface area contributed by atoms with E-state index in [1.165, 1.54) is 24.0 Å². The Labute approximate surface area is 257 Å². The first-order valence-corrected chi connectivity index (χ1v) is 17.3. The fourth-order valence-corrected chi connectivity index (χ4v) is 9.35. The number of rotatable bonds is 13. The van der Waals surface area contributed by atoms with Crippen molar-refractivity contribution in [2.24, 2.45) is 5.92 Å². The minimum atomic E-state index is -0.914. The van der Waals surface area contributed by atoms with Gasteiger partial charge >= 0.3 is 0 Å². The Morgan fingerprint density at radius 3 is 2.65 bits per heavy atom. The molecule has 5 aliphatic rings. The molecule has 6 nitrogen and oxygen atoms in total. The molecule has 6 heteroatoms. The van der Waals surface area contributed by atoms with Crippen LogP contribution < -0.4 is 4.74 Å². The Kier molecular flexibility index (Phi) is 7.96. The van der Waals surface area contributed by atoms with Crippen molar-refractivity contribution in [1.29, 1.82) is 0 Å². The van der Waals surface area contributed by atoms with E-state index < -0.39 is 11.0 Å². The molecule has 1 amide bonds. The number of aryl methyl sites for hydroxylation is 1. The van der Waals surface area contributed by atoms with Crippen LogP contribution in [-0.4, -0.2) is 69.3 Å². The summed E-state index contributed by atoms with van der Waals surface area (Å²) in [5.74, 6) is 1.74. The fraction of sp³-hybridized carbons (Fsp3) is 0.649. The lowest BCUT2D eigenvalue weighted by Gasteiger charge is -2.65. The van der Waals surface area contributed by atoms with Crippen molar-refractivity contribution < 1.29 is 19.7 Å². The van der Waals surface area contributed by atoms with Gasteiger partial charge in [0, 0.05) is 31.1 Å². The first-order chi connectivity index (χ1) is 21.0. The monoisotopic (exact) mass is 586 g/mol. The van der Waals surface area contributed by atoms with E-state index >= 15 is 0 Å². The number of unbranched alkanes of at least 4 members (excludes halogenated alkanes) is 4. The standard InChI is InChI=1S/C37H50N2O4/c1-2-3-10-22-39(32(41)14-9-5-8-13-26-11-6-4-7-12-26)29-19-20-37(42)31-24-28-17-18-30(40)34-33(28)36(37,35(29)43-34)21-23-38(31)25-27-15-16-27/h4,6-7,11-12,17-18,27,29,31,35,40,42H,2-3,5,8-10,13-16,19-25H2,1H3/t29-,31-,35+,36+,37-/m1/s1. The zero-order valence-electron chi connectivity index (χ0n) is 26.0. The number of aromatic hydroxyl groups is 1. The Hall–Kier alpha value is -2.57. The van der Waals surface area contributed by atoms with Crippen LogP contribution in [0.5, 0.6) is 11.5 Å². The lowest BCUT2D eigenvalue weighted by Crippen LogP contribution is -2.78. The first kappa shape index (κ1) is 29.2. The molecule has 2 aromatic rings. The molecular weight excluding hydrogens is 536 g/mol. The van der Waals surface area contributed by atoms with Crippen molar-refractivity contribution in [3.8, 4) is 11.5 Å². The minimum Gasteiger partial charge on any atom is -0.504 e. The van der Waals surface area contributed by atoms with E-state index in [-0.39, 0.29) is 29.8 Å². The Balaban J connectivity index is 1.14. The lowest BCUT2D eigenvalue weighted by atomic mass is 9.48. The largest absolute Gasteiger partial charge is 0.504 e. The summed E-state index contributed by atoms with van der Waals surface area (Å²) in [6.45, 7) is 4.96. The number of benzene rings is 2. The molecule has 0 radical (unpaired) electrons. The molecule has 2 bridgehead atoms. The highest BCUT2D eigenvalue weighted by molar-refractivity contribution is 5.77. The van der Waals surface area contributed by atoms with Gasteiger partial charge in [-0.3, -0.25) is 9.69 Å². The predicted octanol–water partition coefficient (Wildman–Crippen LogP) is 6.15. The van der Waals surface area contributed by atoms with E-state index in [0.29, 0.717) is 18.6 Å². The molecule has 7 rings (SSSR count). The normalized spacial score (nSPS) is 30.5. The van der Waals surface area contributed by atoms with E-state index in [1.54, 1.807) is 6.07 Å². The molecule has 2 saturated carbocycles. The van der Waals surface area contributed by atoms with E-state index in [1.807, 2.05) is 0 Å². The summed E-state index contributed by atoms with van der Waals surface area (Å²) in [6.07, 6.45) is 13.1. The number of carbonyl (C=O) groups excluding carboxylic acids is 1. The number of carbonyl (C=O) groups is 1. The Morgan fingerprint density at radius 2 is 1.86 bits per heavy atom. The van der Waals surface area contributed by atoms with Crippen LogP contribution in [-0.2, 0) is 23.1 Å². The quantitative estimate of drug-likeness (QED) is 0.276. The van der Waals surface area contributed by atoms with E-state index in [4.69, 9.17) is 4.74 Å². The molecule has 1 spiro atoms. The van der Waals surface area contributed by atoms with Crippen LogP contribution >= 0.6 is 0 Å². The van der Waals surface area contributed by atoms with Gasteiger partial charge in [-0.2, -0.15) is 0 Å². The molecule has 0 aromatic heterocycles. The maximum Gasteiger partial charge on any atom is 0.222 e. The van der Waals surface area contributed by atoms with Crippen LogP contribution in [0.15, 0.2) is 42.5 Å². The fourth-order valence-electron chi connectivity index (χ4n) is 9.35. The number of hydrogen-bond acceptors (Lipinski definition) is 5. The highest BCUT2D eigenvalue weighted by Gasteiger charge is 2.73. The highest BCUT2D eigenvalue weighted by atomic mass is 16.5. The molecule has 2 N–H and O–H groups in total. The molecule has 2 aliphatic heterocycles. The number of ether oxygens (including phenoxy) is 1.